The fourth-order valence-corrected chi connectivity index (χ4v) is 14.5. The van der Waals surface area contributed by atoms with Crippen molar-refractivity contribution >= 4 is 43.9 Å². The molecule has 0 aliphatic rings. The number of nitrogens with zero attached hydrogens (tertiary/aromatic N) is 8. The minimum Gasteiger partial charge on any atom is -0.501 e. The molecule has 0 saturated carbocycles. The second-order valence-corrected chi connectivity index (χ2v) is 32.0. The zero-order chi connectivity index (χ0) is 91.1. The van der Waals surface area contributed by atoms with Crippen LogP contribution < -0.4 is 0 Å². The topological polar surface area (TPSA) is 129 Å². The monoisotopic (exact) mass is 2480 g/mol. The average molecular weight is 2480 g/mol. The summed E-state index contributed by atoms with van der Waals surface area (Å²) in [6.45, 7) is 16.9. The first-order valence-corrected chi connectivity index (χ1v) is 43.9. The van der Waals surface area contributed by atoms with Crippen molar-refractivity contribution in [2.75, 3.05) is 0 Å². The molecule has 10 heterocycles. The molecule has 680 valence electrons. The maximum atomic E-state index is 6.01. The molecule has 0 spiro atoms. The van der Waals surface area contributed by atoms with Gasteiger partial charge >= 0.3 is 0 Å². The van der Waals surface area contributed by atoms with Crippen molar-refractivity contribution in [1.29, 1.82) is 0 Å². The van der Waals surface area contributed by atoms with E-state index in [1.165, 1.54) is 44.5 Å². The standard InChI is InChI=1S/C21H20N.C19H16N.2C18H12NO.2C12H10N.2C11H8N.4Ir/c1-21(2,3)19-12-13-22-20(15-19)18-11-7-10-17(14-18)16-8-5-4-6-9-16;1-2-15-13-19(17-11-7-4-8-12-17)20-14-18(15)16-9-5-3-6-10-16;2*1-12-6-4-10-16(19-12)15-9-5-8-14-13-7-2-3-11-17(13)20-18(14)15;2*1-10-7-8-12(13-9-10)11-5-3-2-4-6-11;2*1-2-6-10(7-3-1)11-8-4-5-9-12-11;;;;/h4-10,12-15H,1-3H3;3-11,13-14H,2H2,1H3;2*2-8,10-11H,1H3;2*2-5,7-9H,1H3;2*1-6,8-9H;;;;/q8*-1;;;;. The molecule has 0 saturated heterocycles. The molecule has 0 fully saturated rings. The molecule has 22 rings (SSSR count). The first kappa shape index (κ1) is 103. The Morgan fingerprint density at radius 3 is 1.04 bits per heavy atom. The van der Waals surface area contributed by atoms with E-state index in [9.17, 15) is 0 Å². The van der Waals surface area contributed by atoms with E-state index in [2.05, 4.69) is 219 Å². The van der Waals surface area contributed by atoms with E-state index in [0.717, 1.165) is 152 Å². The Morgan fingerprint density at radius 2 is 0.640 bits per heavy atom. The molecule has 10 nitrogen and oxygen atoms in total. The number of rotatable bonds is 11. The third kappa shape index (κ3) is 28.3. The van der Waals surface area contributed by atoms with E-state index in [-0.39, 0.29) is 85.8 Å². The molecule has 0 aliphatic carbocycles. The fraction of sp³-hybridized carbons (Fsp3) is 0.0820. The Bertz CT molecular complexity index is 6970. The van der Waals surface area contributed by atoms with E-state index < -0.39 is 0 Å². The van der Waals surface area contributed by atoms with Gasteiger partial charge in [-0.05, 0) is 161 Å². The van der Waals surface area contributed by atoms with Crippen LogP contribution in [-0.2, 0) is 92.3 Å². The number of para-hydroxylation sites is 2. The maximum absolute atomic E-state index is 6.01. The van der Waals surface area contributed by atoms with Gasteiger partial charge in [-0.25, -0.2) is 0 Å². The van der Waals surface area contributed by atoms with Crippen molar-refractivity contribution in [2.45, 2.75) is 67.2 Å². The number of hydrogen-bond acceptors (Lipinski definition) is 10. The van der Waals surface area contributed by atoms with Crippen molar-refractivity contribution < 1.29 is 89.3 Å². The summed E-state index contributed by atoms with van der Waals surface area (Å²) in [4.78, 5) is 35.3. The van der Waals surface area contributed by atoms with Gasteiger partial charge in [0.05, 0.1) is 11.2 Å². The Labute approximate surface area is 852 Å². The van der Waals surface area contributed by atoms with E-state index in [1.807, 2.05) is 338 Å². The minimum atomic E-state index is 0. The molecular formula is C122H96Ir4N8O2-8. The molecule has 0 bridgehead atoms. The molecule has 22 aromatic rings. The second-order valence-electron chi connectivity index (χ2n) is 32.0. The number of aromatic nitrogens is 8. The number of benzene rings is 12. The van der Waals surface area contributed by atoms with Crippen LogP contribution in [0, 0.1) is 76.2 Å². The number of hydrogen-bond donors (Lipinski definition) is 0. The first-order valence-electron chi connectivity index (χ1n) is 43.9. The molecule has 0 N–H and O–H groups in total. The summed E-state index contributed by atoms with van der Waals surface area (Å²) in [6.07, 6.45) is 12.2. The summed E-state index contributed by atoms with van der Waals surface area (Å²) >= 11 is 0. The predicted molar refractivity (Wildman–Crippen MR) is 541 cm³/mol. The molecule has 136 heavy (non-hydrogen) atoms. The van der Waals surface area contributed by atoms with Crippen LogP contribution in [0.4, 0.5) is 0 Å². The summed E-state index contributed by atoms with van der Waals surface area (Å²) in [5, 5.41) is 4.48. The van der Waals surface area contributed by atoms with Gasteiger partial charge < -0.3 is 48.7 Å². The van der Waals surface area contributed by atoms with Crippen molar-refractivity contribution in [3.8, 4) is 112 Å². The van der Waals surface area contributed by atoms with Gasteiger partial charge in [0, 0.05) is 145 Å². The smallest absolute Gasteiger partial charge is 0.120 e. The zero-order valence-corrected chi connectivity index (χ0v) is 85.9. The van der Waals surface area contributed by atoms with Crippen LogP contribution in [0.15, 0.2) is 434 Å². The van der Waals surface area contributed by atoms with Gasteiger partial charge in [0.25, 0.3) is 0 Å². The number of furan rings is 2. The van der Waals surface area contributed by atoms with Crippen molar-refractivity contribution in [3.63, 3.8) is 0 Å². The number of pyridine rings is 8. The van der Waals surface area contributed by atoms with Crippen LogP contribution in [0.1, 0.15) is 61.3 Å². The average Bonchev–Trinajstić information content (AvgIpc) is 1.62. The Hall–Kier alpha value is -14.0. The van der Waals surface area contributed by atoms with Crippen LogP contribution in [0.3, 0.4) is 0 Å². The first-order chi connectivity index (χ1) is 64.7. The molecule has 12 aromatic carbocycles. The van der Waals surface area contributed by atoms with Gasteiger partial charge in [-0.15, -0.1) is 251 Å². The Balaban J connectivity index is 0.000000150. The van der Waals surface area contributed by atoms with Gasteiger partial charge in [0.2, 0.25) is 0 Å². The molecule has 4 radical (unpaired) electrons. The summed E-state index contributed by atoms with van der Waals surface area (Å²) in [6, 6.07) is 154. The third-order valence-electron chi connectivity index (χ3n) is 21.3. The van der Waals surface area contributed by atoms with E-state index >= 15 is 0 Å². The Morgan fingerprint density at radius 1 is 0.265 bits per heavy atom. The molecule has 10 aromatic heterocycles. The quantitative estimate of drug-likeness (QED) is 0.115. The third-order valence-corrected chi connectivity index (χ3v) is 21.3. The number of fused-ring (bicyclic) bond motifs is 6. The molecule has 0 unspecified atom stereocenters. The molecule has 0 aliphatic heterocycles. The normalized spacial score (nSPS) is 10.3. The summed E-state index contributed by atoms with van der Waals surface area (Å²) in [5.74, 6) is 0. The van der Waals surface area contributed by atoms with Crippen LogP contribution in [0.2, 0.25) is 0 Å². The second kappa shape index (κ2) is 52.1. The number of aryl methyl sites for hydroxylation is 5. The Kier molecular flexibility index (Phi) is 39.3. The van der Waals surface area contributed by atoms with Crippen LogP contribution in [0.5, 0.6) is 0 Å². The predicted octanol–water partition coefficient (Wildman–Crippen LogP) is 30.6. The molecule has 0 amide bonds. The summed E-state index contributed by atoms with van der Waals surface area (Å²) in [5.41, 5.74) is 31.2. The summed E-state index contributed by atoms with van der Waals surface area (Å²) < 4.78 is 12.0. The van der Waals surface area contributed by atoms with Gasteiger partial charge in [0.1, 0.15) is 11.2 Å². The zero-order valence-electron chi connectivity index (χ0n) is 76.3. The van der Waals surface area contributed by atoms with Crippen molar-refractivity contribution in [3.05, 3.63) is 508 Å². The molecule has 0 atom stereocenters. The maximum Gasteiger partial charge on any atom is 0.120 e. The van der Waals surface area contributed by atoms with Crippen LogP contribution in [-0.4, -0.2) is 39.9 Å². The van der Waals surface area contributed by atoms with Crippen molar-refractivity contribution in [2.24, 2.45) is 0 Å². The molecule has 14 heteroatoms. The van der Waals surface area contributed by atoms with Crippen molar-refractivity contribution in [1.82, 2.24) is 39.9 Å². The SMILES string of the molecule is CC(C)(C)c1ccnc(-c2[c-]ccc(-c3ccccc3)c2)c1.CCc1cc(-c2[c-]cccc2)ncc1-c1ccccc1.Cc1ccc(-c2[c-]cccc2)nc1.Cc1ccc(-c2[c-]cccc2)nc1.Cc1cccc(-c2[c-]ccc3c2oc2ccccc23)n1.Cc1cccc(-c2[c-]ccc3c2oc2ccccc23)n1.[Ir].[Ir].[Ir].[Ir].[c-]1ccccc1-c1ccccn1.[c-]1ccccc1-c1ccccn1. The van der Waals surface area contributed by atoms with Gasteiger partial charge in [-0.1, -0.05) is 232 Å². The van der Waals surface area contributed by atoms with Gasteiger partial charge in [0.15, 0.2) is 0 Å². The molecular weight excluding hydrogens is 2380 g/mol. The van der Waals surface area contributed by atoms with Crippen LogP contribution in [0.25, 0.3) is 156 Å². The summed E-state index contributed by atoms with van der Waals surface area (Å²) in [7, 11) is 0. The van der Waals surface area contributed by atoms with Gasteiger partial charge in [-0.2, -0.15) is 0 Å². The van der Waals surface area contributed by atoms with E-state index in [0.29, 0.717) is 0 Å². The van der Waals surface area contributed by atoms with E-state index in [4.69, 9.17) is 8.83 Å². The van der Waals surface area contributed by atoms with Crippen LogP contribution >= 0.6 is 0 Å². The van der Waals surface area contributed by atoms with Gasteiger partial charge in [-0.3, -0.25) is 0 Å². The largest absolute Gasteiger partial charge is 0.501 e. The minimum absolute atomic E-state index is 0. The fourth-order valence-electron chi connectivity index (χ4n) is 14.5. The van der Waals surface area contributed by atoms with E-state index in [1.54, 1.807) is 12.4 Å².